The number of hydrogen-bond acceptors (Lipinski definition) is 3. The average Bonchev–Trinajstić information content (AvgIpc) is 2.36. The normalized spacial score (nSPS) is 16.1. The number of aliphatic hydroxyl groups is 1. The molecule has 0 fully saturated rings. The van der Waals surface area contributed by atoms with Crippen LogP contribution in [-0.2, 0) is 15.1 Å². The van der Waals surface area contributed by atoms with Gasteiger partial charge in [-0.2, -0.15) is 0 Å². The second-order valence-electron chi connectivity index (χ2n) is 4.39. The summed E-state index contributed by atoms with van der Waals surface area (Å²) in [6, 6.07) is 7.58. The highest BCUT2D eigenvalue weighted by molar-refractivity contribution is 5.73. The fourth-order valence-electron chi connectivity index (χ4n) is 1.97. The summed E-state index contributed by atoms with van der Waals surface area (Å²) < 4.78 is 4.71. The number of esters is 1. The molecule has 1 aromatic carbocycles. The lowest BCUT2D eigenvalue weighted by molar-refractivity contribution is -0.155. The molecule has 0 aliphatic heterocycles. The second kappa shape index (κ2) is 5.32. The van der Waals surface area contributed by atoms with Crippen LogP contribution in [0.25, 0.3) is 0 Å². The third-order valence-electron chi connectivity index (χ3n) is 3.36. The largest absolute Gasteiger partial charge is 0.469 e. The van der Waals surface area contributed by atoms with Crippen LogP contribution < -0.4 is 0 Å². The van der Waals surface area contributed by atoms with Gasteiger partial charge in [0.2, 0.25) is 0 Å². The quantitative estimate of drug-likeness (QED) is 0.816. The molecule has 2 atom stereocenters. The number of aryl methyl sites for hydroxylation is 1. The number of rotatable bonds is 4. The third kappa shape index (κ3) is 2.67. The fraction of sp³-hybridized carbons (Fsp3) is 0.500. The van der Waals surface area contributed by atoms with Gasteiger partial charge in [0, 0.05) is 0 Å². The maximum Gasteiger partial charge on any atom is 0.311 e. The highest BCUT2D eigenvalue weighted by Crippen LogP contribution is 2.33. The zero-order chi connectivity index (χ0) is 13.1. The Labute approximate surface area is 102 Å². The molecule has 1 rings (SSSR count). The Hall–Kier alpha value is -1.35. The van der Waals surface area contributed by atoms with Crippen molar-refractivity contribution < 1.29 is 14.6 Å². The predicted octanol–water partition coefficient (Wildman–Crippen LogP) is 2.40. The fourth-order valence-corrected chi connectivity index (χ4v) is 1.97. The molecule has 0 saturated carbocycles. The zero-order valence-electron chi connectivity index (χ0n) is 10.9. The van der Waals surface area contributed by atoms with E-state index in [0.29, 0.717) is 6.42 Å². The lowest BCUT2D eigenvalue weighted by Gasteiger charge is -2.32. The Morgan fingerprint density at radius 2 is 1.94 bits per heavy atom. The number of methoxy groups -OCH3 is 1. The van der Waals surface area contributed by atoms with Crippen molar-refractivity contribution in [2.24, 2.45) is 5.92 Å². The molecule has 0 aliphatic carbocycles. The minimum Gasteiger partial charge on any atom is -0.469 e. The van der Waals surface area contributed by atoms with Crippen LogP contribution in [0.15, 0.2) is 24.3 Å². The van der Waals surface area contributed by atoms with Crippen molar-refractivity contribution in [3.8, 4) is 0 Å². The zero-order valence-corrected chi connectivity index (χ0v) is 10.9. The molecule has 0 bridgehead atoms. The monoisotopic (exact) mass is 236 g/mol. The van der Waals surface area contributed by atoms with Gasteiger partial charge in [-0.15, -0.1) is 0 Å². The Morgan fingerprint density at radius 3 is 2.35 bits per heavy atom. The first-order valence-corrected chi connectivity index (χ1v) is 5.83. The molecule has 2 unspecified atom stereocenters. The molecule has 1 N–H and O–H groups in total. The molecule has 0 saturated heterocycles. The van der Waals surface area contributed by atoms with Crippen molar-refractivity contribution in [1.29, 1.82) is 0 Å². The first kappa shape index (κ1) is 13.7. The summed E-state index contributed by atoms with van der Waals surface area (Å²) in [5, 5.41) is 10.7. The van der Waals surface area contributed by atoms with Crippen LogP contribution >= 0.6 is 0 Å². The minimum absolute atomic E-state index is 0.394. The summed E-state index contributed by atoms with van der Waals surface area (Å²) in [4.78, 5) is 11.6. The van der Waals surface area contributed by atoms with Crippen LogP contribution in [0.5, 0.6) is 0 Å². The van der Waals surface area contributed by atoms with E-state index in [2.05, 4.69) is 0 Å². The average molecular weight is 236 g/mol. The molecule has 0 heterocycles. The van der Waals surface area contributed by atoms with Crippen molar-refractivity contribution in [2.45, 2.75) is 32.8 Å². The van der Waals surface area contributed by atoms with Gasteiger partial charge in [-0.1, -0.05) is 36.8 Å². The van der Waals surface area contributed by atoms with Gasteiger partial charge < -0.3 is 9.84 Å². The number of carbonyl (C=O) groups is 1. The lowest BCUT2D eigenvalue weighted by atomic mass is 9.80. The second-order valence-corrected chi connectivity index (χ2v) is 4.39. The number of ether oxygens (including phenoxy) is 1. The summed E-state index contributed by atoms with van der Waals surface area (Å²) in [6.45, 7) is 5.53. The van der Waals surface area contributed by atoms with Crippen molar-refractivity contribution >= 4 is 5.97 Å². The van der Waals surface area contributed by atoms with Gasteiger partial charge >= 0.3 is 5.97 Å². The van der Waals surface area contributed by atoms with E-state index in [1.165, 1.54) is 7.11 Å². The molecule has 3 nitrogen and oxygen atoms in total. The highest BCUT2D eigenvalue weighted by Gasteiger charge is 2.38. The maximum atomic E-state index is 11.6. The van der Waals surface area contributed by atoms with Crippen molar-refractivity contribution in [2.75, 3.05) is 7.11 Å². The van der Waals surface area contributed by atoms with Crippen molar-refractivity contribution in [3.05, 3.63) is 35.4 Å². The summed E-state index contributed by atoms with van der Waals surface area (Å²) in [5.41, 5.74) is 0.710. The summed E-state index contributed by atoms with van der Waals surface area (Å²) in [7, 11) is 1.34. The van der Waals surface area contributed by atoms with Gasteiger partial charge in [-0.05, 0) is 25.8 Å². The molecule has 0 aliphatic rings. The van der Waals surface area contributed by atoms with Crippen LogP contribution in [0, 0.1) is 12.8 Å². The van der Waals surface area contributed by atoms with Crippen molar-refractivity contribution in [1.82, 2.24) is 0 Å². The van der Waals surface area contributed by atoms with Crippen LogP contribution in [0.4, 0.5) is 0 Å². The van der Waals surface area contributed by atoms with Crippen LogP contribution in [0.1, 0.15) is 31.4 Å². The Bertz CT molecular complexity index is 383. The molecule has 0 radical (unpaired) electrons. The number of hydrogen-bond donors (Lipinski definition) is 1. The summed E-state index contributed by atoms with van der Waals surface area (Å²) >= 11 is 0. The lowest BCUT2D eigenvalue weighted by Crippen LogP contribution is -2.38. The van der Waals surface area contributed by atoms with Crippen molar-refractivity contribution in [3.63, 3.8) is 0 Å². The highest BCUT2D eigenvalue weighted by atomic mass is 16.5. The van der Waals surface area contributed by atoms with E-state index in [9.17, 15) is 9.90 Å². The predicted molar refractivity (Wildman–Crippen MR) is 66.5 cm³/mol. The Morgan fingerprint density at radius 1 is 1.41 bits per heavy atom. The molecule has 0 amide bonds. The van der Waals surface area contributed by atoms with E-state index in [1.54, 1.807) is 6.92 Å². The SMILES string of the molecule is CCC(O)(c1ccc(C)cc1)C(C)C(=O)OC. The van der Waals surface area contributed by atoms with Gasteiger partial charge in [0.25, 0.3) is 0 Å². The smallest absolute Gasteiger partial charge is 0.311 e. The Balaban J connectivity index is 3.11. The van der Waals surface area contributed by atoms with Gasteiger partial charge in [0.1, 0.15) is 5.60 Å². The van der Waals surface area contributed by atoms with E-state index in [4.69, 9.17) is 4.74 Å². The van der Waals surface area contributed by atoms with E-state index in [-0.39, 0.29) is 0 Å². The minimum atomic E-state index is -1.17. The summed E-state index contributed by atoms with van der Waals surface area (Å²) in [5.74, 6) is -0.977. The molecular formula is C14H20O3. The molecule has 0 spiro atoms. The maximum absolute atomic E-state index is 11.6. The van der Waals surface area contributed by atoms with Gasteiger partial charge in [-0.3, -0.25) is 4.79 Å². The standard InChI is InChI=1S/C14H20O3/c1-5-14(16,11(3)13(15)17-4)12-8-6-10(2)7-9-12/h6-9,11,16H,5H2,1-4H3. The van der Waals surface area contributed by atoms with Gasteiger partial charge in [-0.25, -0.2) is 0 Å². The van der Waals surface area contributed by atoms with Crippen LogP contribution in [0.2, 0.25) is 0 Å². The Kier molecular flexibility index (Phi) is 4.29. The summed E-state index contributed by atoms with van der Waals surface area (Å²) in [6.07, 6.45) is 0.465. The van der Waals surface area contributed by atoms with E-state index in [1.807, 2.05) is 38.1 Å². The van der Waals surface area contributed by atoms with E-state index >= 15 is 0 Å². The van der Waals surface area contributed by atoms with Gasteiger partial charge in [0.15, 0.2) is 0 Å². The first-order chi connectivity index (χ1) is 7.95. The first-order valence-electron chi connectivity index (χ1n) is 5.83. The molecule has 17 heavy (non-hydrogen) atoms. The van der Waals surface area contributed by atoms with Gasteiger partial charge in [0.05, 0.1) is 13.0 Å². The molecule has 3 heteroatoms. The topological polar surface area (TPSA) is 46.5 Å². The van der Waals surface area contributed by atoms with E-state index in [0.717, 1.165) is 11.1 Å². The number of benzene rings is 1. The van der Waals surface area contributed by atoms with E-state index < -0.39 is 17.5 Å². The third-order valence-corrected chi connectivity index (χ3v) is 3.36. The molecule has 94 valence electrons. The molecular weight excluding hydrogens is 216 g/mol. The molecule has 0 aromatic heterocycles. The molecule has 1 aromatic rings. The van der Waals surface area contributed by atoms with Crippen LogP contribution in [-0.4, -0.2) is 18.2 Å². The van der Waals surface area contributed by atoms with Crippen LogP contribution in [0.3, 0.4) is 0 Å². The number of carbonyl (C=O) groups excluding carboxylic acids is 1.